The highest BCUT2D eigenvalue weighted by Crippen LogP contribution is 2.67. The monoisotopic (exact) mass is 816 g/mol. The molecule has 2 aromatic carbocycles. The van der Waals surface area contributed by atoms with E-state index in [2.05, 4.69) is 10.1 Å². The highest BCUT2D eigenvalue weighted by atomic mass is 32.1. The first kappa shape index (κ1) is 38.5. The normalized spacial score (nSPS) is 32.4. The van der Waals surface area contributed by atoms with Crippen LogP contribution in [0.3, 0.4) is 0 Å². The summed E-state index contributed by atoms with van der Waals surface area (Å²) in [7, 11) is 0. The first-order valence-electron chi connectivity index (χ1n) is 19.2. The lowest BCUT2D eigenvalue weighted by molar-refractivity contribution is -0.278. The zero-order valence-electron chi connectivity index (χ0n) is 30.4. The molecule has 57 heavy (non-hydrogen) atoms. The lowest BCUT2D eigenvalue weighted by Crippen LogP contribution is -2.60. The number of benzene rings is 2. The lowest BCUT2D eigenvalue weighted by atomic mass is 9.53. The summed E-state index contributed by atoms with van der Waals surface area (Å²) in [4.78, 5) is 29.1. The Balaban J connectivity index is 0.874. The van der Waals surface area contributed by atoms with Gasteiger partial charge in [0, 0.05) is 23.5 Å². The Labute approximate surface area is 326 Å². The fourth-order valence-electron chi connectivity index (χ4n) is 9.98. The average molecular weight is 817 g/mol. The SMILES string of the molecule is O=C(O[C@@H]1O[C@H](C(=O)O)[C@@H](O)[C@H](O)[C@H]1O)c1cc(F)c2nc(C[C@]34C[C@H]5CC3[C@@H](CC[C@@H](OCc3c(-c6ccccc6C(F)(F)F)noc3C3CC3)C5)C4)sc2c1. The summed E-state index contributed by atoms with van der Waals surface area (Å²) in [5, 5.41) is 44.4. The molecule has 304 valence electrons. The Hall–Kier alpha value is -4.00. The van der Waals surface area contributed by atoms with Gasteiger partial charge in [0.1, 0.15) is 35.3 Å². The Morgan fingerprint density at radius 1 is 1.00 bits per heavy atom. The molecule has 12 nitrogen and oxygen atoms in total. The van der Waals surface area contributed by atoms with Crippen molar-refractivity contribution >= 4 is 33.5 Å². The molecule has 10 atom stereocenters. The number of carboxylic acid groups (broad SMARTS) is 1. The Morgan fingerprint density at radius 2 is 1.79 bits per heavy atom. The van der Waals surface area contributed by atoms with E-state index in [0.717, 1.165) is 68.5 Å². The quantitative estimate of drug-likeness (QED) is 0.103. The topological polar surface area (TPSA) is 182 Å². The van der Waals surface area contributed by atoms with Crippen LogP contribution in [0.2, 0.25) is 0 Å². The number of aliphatic carboxylic acids is 1. The van der Waals surface area contributed by atoms with Gasteiger partial charge in [0.2, 0.25) is 6.29 Å². The number of carbonyl (C=O) groups excluding carboxylic acids is 1. The summed E-state index contributed by atoms with van der Waals surface area (Å²) >= 11 is 1.27. The van der Waals surface area contributed by atoms with Crippen molar-refractivity contribution < 1.29 is 66.3 Å². The van der Waals surface area contributed by atoms with Crippen LogP contribution in [0, 0.1) is 29.0 Å². The van der Waals surface area contributed by atoms with Gasteiger partial charge in [-0.1, -0.05) is 23.4 Å². The van der Waals surface area contributed by atoms with E-state index >= 15 is 4.39 Å². The molecule has 4 N–H and O–H groups in total. The number of rotatable bonds is 10. The molecule has 0 radical (unpaired) electrons. The maximum atomic E-state index is 15.4. The number of halogens is 4. The fourth-order valence-corrected chi connectivity index (χ4v) is 11.2. The number of carbonyl (C=O) groups is 2. The highest BCUT2D eigenvalue weighted by molar-refractivity contribution is 7.18. The van der Waals surface area contributed by atoms with Crippen molar-refractivity contribution in [1.82, 2.24) is 10.1 Å². The number of nitrogens with zero attached hydrogens (tertiary/aromatic N) is 2. The van der Waals surface area contributed by atoms with Crippen molar-refractivity contribution in [3.05, 3.63) is 69.7 Å². The largest absolute Gasteiger partial charge is 0.479 e. The van der Waals surface area contributed by atoms with Crippen molar-refractivity contribution in [2.24, 2.45) is 23.2 Å². The second-order valence-electron chi connectivity index (χ2n) is 16.4. The molecule has 2 aromatic heterocycles. The minimum Gasteiger partial charge on any atom is -0.479 e. The summed E-state index contributed by atoms with van der Waals surface area (Å²) in [6, 6.07) is 7.74. The predicted octanol–water partition coefficient (Wildman–Crippen LogP) is 6.38. The molecule has 2 bridgehead atoms. The van der Waals surface area contributed by atoms with Crippen LogP contribution in [0.1, 0.15) is 89.5 Å². The van der Waals surface area contributed by atoms with Gasteiger partial charge >= 0.3 is 18.1 Å². The van der Waals surface area contributed by atoms with E-state index in [4.69, 9.17) is 18.7 Å². The van der Waals surface area contributed by atoms with Crippen LogP contribution >= 0.6 is 11.3 Å². The number of alkyl halides is 3. The molecule has 4 aromatic rings. The molecule has 1 unspecified atom stereocenters. The number of ether oxygens (including phenoxy) is 3. The van der Waals surface area contributed by atoms with Crippen LogP contribution < -0.4 is 0 Å². The highest BCUT2D eigenvalue weighted by Gasteiger charge is 2.59. The second kappa shape index (κ2) is 14.4. The number of aliphatic hydroxyl groups is 3. The minimum atomic E-state index is -4.55. The number of carboxylic acids is 1. The third kappa shape index (κ3) is 7.03. The molecule has 4 aliphatic carbocycles. The number of aromatic nitrogens is 2. The van der Waals surface area contributed by atoms with Gasteiger partial charge < -0.3 is 39.2 Å². The van der Waals surface area contributed by atoms with E-state index in [9.17, 15) is 43.2 Å². The van der Waals surface area contributed by atoms with Crippen LogP contribution in [-0.4, -0.2) is 79.3 Å². The Morgan fingerprint density at radius 3 is 2.54 bits per heavy atom. The van der Waals surface area contributed by atoms with E-state index in [1.807, 2.05) is 0 Å². The molecular weight excluding hydrogens is 777 g/mol. The van der Waals surface area contributed by atoms with E-state index < -0.39 is 60.2 Å². The van der Waals surface area contributed by atoms with Crippen molar-refractivity contribution in [3.8, 4) is 11.3 Å². The van der Waals surface area contributed by atoms with Crippen LogP contribution in [0.25, 0.3) is 21.5 Å². The van der Waals surface area contributed by atoms with Gasteiger partial charge in [-0.05, 0) is 92.7 Å². The number of hydrogen-bond acceptors (Lipinski definition) is 12. The fraction of sp³-hybridized carbons (Fsp3) is 0.550. The third-order valence-electron chi connectivity index (χ3n) is 12.7. The van der Waals surface area contributed by atoms with Crippen LogP contribution in [0.5, 0.6) is 0 Å². The summed E-state index contributed by atoms with van der Waals surface area (Å²) in [5.74, 6) is -1.48. The van der Waals surface area contributed by atoms with Crippen molar-refractivity contribution in [1.29, 1.82) is 0 Å². The first-order valence-corrected chi connectivity index (χ1v) is 20.0. The molecule has 5 fully saturated rings. The molecule has 9 rings (SSSR count). The van der Waals surface area contributed by atoms with Gasteiger partial charge in [0.05, 0.1) is 33.5 Å². The van der Waals surface area contributed by atoms with E-state index in [1.54, 1.807) is 6.07 Å². The Bertz CT molecular complexity index is 2210. The van der Waals surface area contributed by atoms with Crippen molar-refractivity contribution in [2.45, 2.75) is 113 Å². The molecule has 1 saturated heterocycles. The van der Waals surface area contributed by atoms with E-state index in [0.29, 0.717) is 40.2 Å². The van der Waals surface area contributed by atoms with E-state index in [-0.39, 0.29) is 46.4 Å². The smallest absolute Gasteiger partial charge is 0.417 e. The van der Waals surface area contributed by atoms with Crippen LogP contribution in [-0.2, 0) is 38.2 Å². The van der Waals surface area contributed by atoms with E-state index in [1.165, 1.54) is 29.5 Å². The standard InChI is InChI=1S/C40H40F4N2O10S/c41-26-11-20(37(52)55-38-33(49)31(47)32(48)35(54-38)36(50)51)12-27-30(26)45-28(57-27)15-39-13-17-9-21(8-7-19(14-39)25(39)10-17)53-16-23-29(46-56-34(23)18-5-6-18)22-3-1-2-4-24(22)40(42,43)44/h1-4,11-12,17-19,21,25,31-33,35,38,47-49H,5-10,13-16H2,(H,50,51)/t17-,19+,21-,25?,31+,32+,33-,35+,38+,39-/m1/s1. The van der Waals surface area contributed by atoms with Crippen molar-refractivity contribution in [3.63, 3.8) is 0 Å². The van der Waals surface area contributed by atoms with Gasteiger partial charge in [-0.2, -0.15) is 13.2 Å². The maximum absolute atomic E-state index is 15.4. The average Bonchev–Trinajstić information content (AvgIpc) is 3.65. The first-order chi connectivity index (χ1) is 27.2. The zero-order valence-corrected chi connectivity index (χ0v) is 31.2. The van der Waals surface area contributed by atoms with Gasteiger partial charge in [0.15, 0.2) is 11.9 Å². The van der Waals surface area contributed by atoms with Crippen LogP contribution in [0.15, 0.2) is 40.9 Å². The molecule has 0 amide bonds. The second-order valence-corrected chi connectivity index (χ2v) is 17.5. The maximum Gasteiger partial charge on any atom is 0.417 e. The van der Waals surface area contributed by atoms with Crippen LogP contribution in [0.4, 0.5) is 17.6 Å². The molecule has 17 heteroatoms. The summed E-state index contributed by atoms with van der Waals surface area (Å²) in [5.41, 5.74) is -0.164. The summed E-state index contributed by atoms with van der Waals surface area (Å²) < 4.78 is 80.1. The molecule has 3 heterocycles. The predicted molar refractivity (Wildman–Crippen MR) is 191 cm³/mol. The van der Waals surface area contributed by atoms with Gasteiger partial charge in [-0.3, -0.25) is 0 Å². The lowest BCUT2D eigenvalue weighted by Gasteiger charge is -2.52. The van der Waals surface area contributed by atoms with Crippen molar-refractivity contribution in [2.75, 3.05) is 0 Å². The number of thiazole rings is 1. The number of hydrogen-bond donors (Lipinski definition) is 4. The minimum absolute atomic E-state index is 0.0149. The molecule has 1 aliphatic heterocycles. The third-order valence-corrected chi connectivity index (χ3v) is 13.8. The molecule has 5 aliphatic rings. The summed E-state index contributed by atoms with van der Waals surface area (Å²) in [6.45, 7) is 0.114. The Kier molecular flexibility index (Phi) is 9.71. The summed E-state index contributed by atoms with van der Waals surface area (Å²) in [6.07, 6.45) is -6.45. The number of fused-ring (bicyclic) bond motifs is 2. The van der Waals surface area contributed by atoms with Gasteiger partial charge in [-0.25, -0.2) is 19.0 Å². The van der Waals surface area contributed by atoms with Gasteiger partial charge in [0.25, 0.3) is 0 Å². The molecule has 0 spiro atoms. The van der Waals surface area contributed by atoms with Gasteiger partial charge in [-0.15, -0.1) is 11.3 Å². The number of esters is 1. The molecular formula is C40H40F4N2O10S. The zero-order chi connectivity index (χ0) is 40.0. The molecule has 4 saturated carbocycles. The number of aliphatic hydroxyl groups excluding tert-OH is 3.